The lowest BCUT2D eigenvalue weighted by atomic mass is 9.75. The molecule has 3 heterocycles. The summed E-state index contributed by atoms with van der Waals surface area (Å²) in [6, 6.07) is 15.4. The number of aryl methyl sites for hydroxylation is 1. The van der Waals surface area contributed by atoms with E-state index < -0.39 is 5.72 Å². The van der Waals surface area contributed by atoms with Crippen molar-refractivity contribution in [2.24, 2.45) is 4.99 Å². The van der Waals surface area contributed by atoms with Crippen LogP contribution in [0.25, 0.3) is 10.8 Å². The van der Waals surface area contributed by atoms with Gasteiger partial charge in [-0.1, -0.05) is 30.3 Å². The number of hydrogen-bond donors (Lipinski definition) is 0. The second-order valence-corrected chi connectivity index (χ2v) is 10.5. The maximum absolute atomic E-state index is 7.07. The molecule has 3 aromatic carbocycles. The average molecular weight is 440 g/mol. The number of ether oxygens (including phenoxy) is 1. The lowest BCUT2D eigenvalue weighted by molar-refractivity contribution is 0.0824. The highest BCUT2D eigenvalue weighted by Crippen LogP contribution is 2.56. The van der Waals surface area contributed by atoms with Crippen molar-refractivity contribution in [3.63, 3.8) is 0 Å². The molecule has 1 fully saturated rings. The van der Waals surface area contributed by atoms with Crippen LogP contribution in [0, 0.1) is 13.8 Å². The van der Waals surface area contributed by atoms with E-state index >= 15 is 0 Å². The standard InChI is InChI=1S/C29H33N3O/c1-19-13-14-23-26(20(19)2)28(3,4)29(31(23)5)18-30-27-22-12-8-7-11-21(22)24(17-25(27)33-29)32-15-9-6-10-16-32/h7-8,11-14,17-18H,6,9-10,15-16H2,1-5H3. The summed E-state index contributed by atoms with van der Waals surface area (Å²) in [6.45, 7) is 11.2. The lowest BCUT2D eigenvalue weighted by Gasteiger charge is -2.45. The fourth-order valence-corrected chi connectivity index (χ4v) is 6.36. The molecule has 33 heavy (non-hydrogen) atoms. The quantitative estimate of drug-likeness (QED) is 0.424. The third-order valence-electron chi connectivity index (χ3n) is 8.38. The van der Waals surface area contributed by atoms with Gasteiger partial charge in [0.2, 0.25) is 5.72 Å². The molecule has 0 N–H and O–H groups in total. The van der Waals surface area contributed by atoms with Gasteiger partial charge in [0.25, 0.3) is 0 Å². The van der Waals surface area contributed by atoms with Crippen molar-refractivity contribution in [3.8, 4) is 5.75 Å². The lowest BCUT2D eigenvalue weighted by Crippen LogP contribution is -2.61. The first-order chi connectivity index (χ1) is 15.8. The Bertz CT molecular complexity index is 1300. The highest BCUT2D eigenvalue weighted by molar-refractivity contribution is 6.06. The van der Waals surface area contributed by atoms with Crippen LogP contribution in [0.1, 0.15) is 49.8 Å². The van der Waals surface area contributed by atoms with Crippen LogP contribution in [0.15, 0.2) is 47.5 Å². The Hall–Kier alpha value is -3.01. The van der Waals surface area contributed by atoms with Crippen molar-refractivity contribution >= 4 is 34.0 Å². The van der Waals surface area contributed by atoms with Gasteiger partial charge >= 0.3 is 0 Å². The smallest absolute Gasteiger partial charge is 0.228 e. The van der Waals surface area contributed by atoms with Crippen LogP contribution in [0.4, 0.5) is 17.1 Å². The Morgan fingerprint density at radius 2 is 1.64 bits per heavy atom. The van der Waals surface area contributed by atoms with Gasteiger partial charge in [0.15, 0.2) is 5.75 Å². The molecule has 0 amide bonds. The highest BCUT2D eigenvalue weighted by Gasteiger charge is 2.59. The van der Waals surface area contributed by atoms with Crippen molar-refractivity contribution < 1.29 is 4.74 Å². The van der Waals surface area contributed by atoms with Gasteiger partial charge < -0.3 is 14.5 Å². The fourth-order valence-electron chi connectivity index (χ4n) is 6.36. The Morgan fingerprint density at radius 1 is 0.909 bits per heavy atom. The molecular weight excluding hydrogens is 406 g/mol. The summed E-state index contributed by atoms with van der Waals surface area (Å²) in [4.78, 5) is 9.94. The van der Waals surface area contributed by atoms with Crippen molar-refractivity contribution in [1.82, 2.24) is 0 Å². The van der Waals surface area contributed by atoms with E-state index in [0.717, 1.165) is 24.5 Å². The van der Waals surface area contributed by atoms with Gasteiger partial charge in [-0.3, -0.25) is 4.99 Å². The van der Waals surface area contributed by atoms with E-state index in [1.165, 1.54) is 58.1 Å². The number of aliphatic imine (C=N–C) groups is 1. The predicted molar refractivity (Wildman–Crippen MR) is 139 cm³/mol. The molecule has 0 aromatic heterocycles. The Kier molecular flexibility index (Phi) is 4.36. The number of piperidine rings is 1. The van der Waals surface area contributed by atoms with Crippen molar-refractivity contribution in [2.45, 2.75) is 58.1 Å². The summed E-state index contributed by atoms with van der Waals surface area (Å²) in [7, 11) is 2.14. The van der Waals surface area contributed by atoms with Crippen LogP contribution in [-0.4, -0.2) is 32.1 Å². The number of benzene rings is 3. The normalized spacial score (nSPS) is 23.1. The molecule has 3 aliphatic rings. The maximum atomic E-state index is 7.07. The number of hydrogen-bond acceptors (Lipinski definition) is 4. The van der Waals surface area contributed by atoms with E-state index in [1.807, 2.05) is 0 Å². The van der Waals surface area contributed by atoms with E-state index in [1.54, 1.807) is 0 Å². The predicted octanol–water partition coefficient (Wildman–Crippen LogP) is 6.67. The molecule has 4 nitrogen and oxygen atoms in total. The molecule has 3 aliphatic heterocycles. The maximum Gasteiger partial charge on any atom is 0.228 e. The van der Waals surface area contributed by atoms with Gasteiger partial charge in [-0.05, 0) is 69.7 Å². The van der Waals surface area contributed by atoms with E-state index in [9.17, 15) is 0 Å². The molecule has 1 unspecified atom stereocenters. The Morgan fingerprint density at radius 3 is 2.39 bits per heavy atom. The second kappa shape index (κ2) is 6.99. The van der Waals surface area contributed by atoms with Gasteiger partial charge in [0, 0.05) is 48.4 Å². The van der Waals surface area contributed by atoms with Crippen molar-refractivity contribution in [1.29, 1.82) is 0 Å². The van der Waals surface area contributed by atoms with Crippen LogP contribution in [0.2, 0.25) is 0 Å². The minimum atomic E-state index is -0.664. The van der Waals surface area contributed by atoms with Crippen LogP contribution in [0.3, 0.4) is 0 Å². The number of likely N-dealkylation sites (N-methyl/N-ethyl adjacent to an activating group) is 1. The zero-order valence-electron chi connectivity index (χ0n) is 20.4. The summed E-state index contributed by atoms with van der Waals surface area (Å²) in [6.07, 6.45) is 5.87. The van der Waals surface area contributed by atoms with Crippen LogP contribution in [0.5, 0.6) is 5.75 Å². The summed E-state index contributed by atoms with van der Waals surface area (Å²) < 4.78 is 7.07. The molecule has 170 valence electrons. The topological polar surface area (TPSA) is 28.1 Å². The molecular formula is C29H33N3O. The minimum Gasteiger partial charge on any atom is -0.459 e. The van der Waals surface area contributed by atoms with E-state index in [0.29, 0.717) is 0 Å². The highest BCUT2D eigenvalue weighted by atomic mass is 16.5. The van der Waals surface area contributed by atoms with Crippen LogP contribution >= 0.6 is 0 Å². The molecule has 0 aliphatic carbocycles. The Labute approximate surface area is 196 Å². The Balaban J connectivity index is 1.54. The molecule has 0 saturated carbocycles. The van der Waals surface area contributed by atoms with E-state index in [2.05, 4.69) is 93.2 Å². The average Bonchev–Trinajstić information content (AvgIpc) is 2.99. The third kappa shape index (κ3) is 2.67. The van der Waals surface area contributed by atoms with Gasteiger partial charge in [0.1, 0.15) is 5.69 Å². The van der Waals surface area contributed by atoms with Gasteiger partial charge in [0.05, 0.1) is 11.6 Å². The summed E-state index contributed by atoms with van der Waals surface area (Å²) in [5.41, 5.74) is 6.56. The van der Waals surface area contributed by atoms with Crippen molar-refractivity contribution in [2.75, 3.05) is 29.9 Å². The molecule has 4 heteroatoms. The number of rotatable bonds is 1. The van der Waals surface area contributed by atoms with Crippen LogP contribution in [-0.2, 0) is 5.41 Å². The first-order valence-corrected chi connectivity index (χ1v) is 12.2. The fraction of sp³-hybridized carbons (Fsp3) is 0.414. The summed E-state index contributed by atoms with van der Waals surface area (Å²) in [5, 5.41) is 2.44. The summed E-state index contributed by atoms with van der Waals surface area (Å²) >= 11 is 0. The zero-order chi connectivity index (χ0) is 23.0. The van der Waals surface area contributed by atoms with Gasteiger partial charge in [-0.15, -0.1) is 0 Å². The second-order valence-electron chi connectivity index (χ2n) is 10.5. The number of nitrogens with zero attached hydrogens (tertiary/aromatic N) is 3. The minimum absolute atomic E-state index is 0.259. The SMILES string of the molecule is Cc1ccc2c(c1C)C(C)(C)C1(C=Nc3c(cc(N4CCCCC4)c4ccccc34)O1)N2C. The van der Waals surface area contributed by atoms with Crippen molar-refractivity contribution in [3.05, 3.63) is 59.2 Å². The molecule has 6 rings (SSSR count). The largest absolute Gasteiger partial charge is 0.459 e. The first kappa shape index (κ1) is 20.6. The summed E-state index contributed by atoms with van der Waals surface area (Å²) in [5.74, 6) is 0.888. The third-order valence-corrected chi connectivity index (χ3v) is 8.38. The molecule has 1 saturated heterocycles. The van der Waals surface area contributed by atoms with Crippen LogP contribution < -0.4 is 14.5 Å². The molecule has 0 radical (unpaired) electrons. The van der Waals surface area contributed by atoms with Gasteiger partial charge in [-0.25, -0.2) is 0 Å². The van der Waals surface area contributed by atoms with Gasteiger partial charge in [-0.2, -0.15) is 0 Å². The number of fused-ring (bicyclic) bond motifs is 4. The molecule has 1 atom stereocenters. The number of anilines is 2. The van der Waals surface area contributed by atoms with E-state index in [4.69, 9.17) is 9.73 Å². The van der Waals surface area contributed by atoms with E-state index in [-0.39, 0.29) is 5.41 Å². The first-order valence-electron chi connectivity index (χ1n) is 12.2. The monoisotopic (exact) mass is 439 g/mol. The zero-order valence-corrected chi connectivity index (χ0v) is 20.4. The molecule has 3 aromatic rings. The molecule has 0 bridgehead atoms. The molecule has 1 spiro atoms.